The molecule has 1 amide bonds. The van der Waals surface area contributed by atoms with E-state index in [-0.39, 0.29) is 11.5 Å². The number of rotatable bonds is 9. The average Bonchev–Trinajstić information content (AvgIpc) is 2.85. The Balaban J connectivity index is 1.99. The quantitative estimate of drug-likeness (QED) is 0.374. The molecule has 0 aliphatic carbocycles. The van der Waals surface area contributed by atoms with Crippen LogP contribution in [-0.2, 0) is 11.3 Å². The van der Waals surface area contributed by atoms with E-state index in [0.717, 1.165) is 5.56 Å². The van der Waals surface area contributed by atoms with Crippen LogP contribution in [-0.4, -0.2) is 31.8 Å². The highest BCUT2D eigenvalue weighted by Crippen LogP contribution is 2.33. The van der Waals surface area contributed by atoms with Crippen molar-refractivity contribution in [2.45, 2.75) is 20.5 Å². The van der Waals surface area contributed by atoms with Crippen molar-refractivity contribution in [3.8, 4) is 16.9 Å². The van der Waals surface area contributed by atoms with Crippen LogP contribution in [0, 0.1) is 5.92 Å². The van der Waals surface area contributed by atoms with E-state index >= 15 is 0 Å². The van der Waals surface area contributed by atoms with Gasteiger partial charge in [-0.25, -0.2) is 4.79 Å². The first kappa shape index (κ1) is 23.7. The van der Waals surface area contributed by atoms with Crippen molar-refractivity contribution >= 4 is 18.2 Å². The summed E-state index contributed by atoms with van der Waals surface area (Å²) >= 11 is 0. The van der Waals surface area contributed by atoms with E-state index in [2.05, 4.69) is 5.32 Å². The Labute approximate surface area is 193 Å². The van der Waals surface area contributed by atoms with Crippen molar-refractivity contribution in [3.63, 3.8) is 0 Å². The molecule has 0 saturated carbocycles. The van der Waals surface area contributed by atoms with E-state index in [9.17, 15) is 14.4 Å². The van der Waals surface area contributed by atoms with E-state index < -0.39 is 5.97 Å². The molecule has 0 aromatic heterocycles. The van der Waals surface area contributed by atoms with Gasteiger partial charge in [-0.15, -0.1) is 0 Å². The maximum Gasteiger partial charge on any atom is 0.338 e. The second kappa shape index (κ2) is 11.1. The molecule has 6 heteroatoms. The summed E-state index contributed by atoms with van der Waals surface area (Å²) in [6.07, 6.45) is 0.708. The minimum Gasteiger partial charge on any atom is -0.488 e. The van der Waals surface area contributed by atoms with E-state index in [1.54, 1.807) is 30.3 Å². The fourth-order valence-electron chi connectivity index (χ4n) is 3.36. The highest BCUT2D eigenvalue weighted by Gasteiger charge is 2.20. The van der Waals surface area contributed by atoms with Crippen molar-refractivity contribution in [3.05, 3.63) is 89.0 Å². The predicted octanol–water partition coefficient (Wildman–Crippen LogP) is 4.92. The number of carbonyl (C=O) groups is 3. The van der Waals surface area contributed by atoms with E-state index in [0.29, 0.717) is 53.4 Å². The van der Waals surface area contributed by atoms with E-state index in [1.165, 1.54) is 13.2 Å². The Morgan fingerprint density at radius 3 is 2.39 bits per heavy atom. The van der Waals surface area contributed by atoms with Gasteiger partial charge in [0.05, 0.1) is 18.2 Å². The molecule has 6 nitrogen and oxygen atoms in total. The maximum atomic E-state index is 12.6. The normalized spacial score (nSPS) is 10.5. The minimum atomic E-state index is -0.601. The van der Waals surface area contributed by atoms with Gasteiger partial charge < -0.3 is 14.8 Å². The number of esters is 1. The van der Waals surface area contributed by atoms with Crippen molar-refractivity contribution in [2.24, 2.45) is 5.92 Å². The molecular weight excluding hydrogens is 418 g/mol. The van der Waals surface area contributed by atoms with Crippen molar-refractivity contribution in [1.82, 2.24) is 5.32 Å². The monoisotopic (exact) mass is 445 g/mol. The summed E-state index contributed by atoms with van der Waals surface area (Å²) in [5.74, 6) is -0.185. The van der Waals surface area contributed by atoms with Gasteiger partial charge in [0.25, 0.3) is 5.91 Å². The largest absolute Gasteiger partial charge is 0.488 e. The molecule has 3 aromatic carbocycles. The van der Waals surface area contributed by atoms with Gasteiger partial charge in [0.1, 0.15) is 12.4 Å². The number of methoxy groups -OCH3 is 1. The first-order chi connectivity index (χ1) is 15.9. The molecule has 3 aromatic rings. The second-order valence-electron chi connectivity index (χ2n) is 7.97. The Bertz CT molecular complexity index is 1140. The molecule has 0 atom stereocenters. The lowest BCUT2D eigenvalue weighted by Gasteiger charge is -2.15. The fourth-order valence-corrected chi connectivity index (χ4v) is 3.36. The topological polar surface area (TPSA) is 81.7 Å². The van der Waals surface area contributed by atoms with E-state index in [1.807, 2.05) is 44.2 Å². The Kier molecular flexibility index (Phi) is 7.97. The van der Waals surface area contributed by atoms with Gasteiger partial charge in [-0.3, -0.25) is 9.59 Å². The molecular formula is C27H27NO5. The summed E-state index contributed by atoms with van der Waals surface area (Å²) in [6.45, 7) is 4.81. The molecule has 0 spiro atoms. The zero-order chi connectivity index (χ0) is 23.8. The lowest BCUT2D eigenvalue weighted by molar-refractivity contribution is 0.0601. The average molecular weight is 446 g/mol. The van der Waals surface area contributed by atoms with Crippen molar-refractivity contribution in [1.29, 1.82) is 0 Å². The van der Waals surface area contributed by atoms with Crippen molar-refractivity contribution in [2.75, 3.05) is 13.7 Å². The molecule has 0 radical (unpaired) electrons. The summed E-state index contributed by atoms with van der Waals surface area (Å²) in [5, 5.41) is 2.84. The number of hydrogen-bond acceptors (Lipinski definition) is 5. The SMILES string of the molecule is COC(=O)c1cc(C(=O)NCC(C)C)ccc1-c1cccc(OCc2ccccc2)c1C=O. The molecule has 3 rings (SSSR count). The molecule has 33 heavy (non-hydrogen) atoms. The minimum absolute atomic E-state index is 0.193. The smallest absolute Gasteiger partial charge is 0.338 e. The van der Waals surface area contributed by atoms with Crippen LogP contribution in [0.4, 0.5) is 0 Å². The number of amides is 1. The van der Waals surface area contributed by atoms with Crippen LogP contribution in [0.1, 0.15) is 50.5 Å². The number of nitrogens with one attached hydrogen (secondary N) is 1. The summed E-state index contributed by atoms with van der Waals surface area (Å²) in [4.78, 5) is 37.1. The standard InChI is InChI=1S/C27H27NO5/c1-18(2)15-28-26(30)20-12-13-22(23(14-20)27(31)32-3)21-10-7-11-25(24(21)16-29)33-17-19-8-5-4-6-9-19/h4-14,16,18H,15,17H2,1-3H3,(H,28,30). The van der Waals surface area contributed by atoms with Gasteiger partial charge in [-0.1, -0.05) is 62.4 Å². The third-order valence-corrected chi connectivity index (χ3v) is 5.07. The molecule has 0 fully saturated rings. The van der Waals surface area contributed by atoms with Crippen LogP contribution in [0.5, 0.6) is 5.75 Å². The molecule has 0 saturated heterocycles. The highest BCUT2D eigenvalue weighted by atomic mass is 16.5. The van der Waals surface area contributed by atoms with Crippen LogP contribution in [0.25, 0.3) is 11.1 Å². The molecule has 1 N–H and O–H groups in total. The first-order valence-electron chi connectivity index (χ1n) is 10.7. The van der Waals surface area contributed by atoms with Gasteiger partial charge in [-0.2, -0.15) is 0 Å². The third-order valence-electron chi connectivity index (χ3n) is 5.07. The predicted molar refractivity (Wildman–Crippen MR) is 127 cm³/mol. The van der Waals surface area contributed by atoms with Crippen LogP contribution in [0.2, 0.25) is 0 Å². The number of ether oxygens (including phenoxy) is 2. The second-order valence-corrected chi connectivity index (χ2v) is 7.97. The summed E-state index contributed by atoms with van der Waals surface area (Å²) < 4.78 is 10.9. The Morgan fingerprint density at radius 1 is 0.970 bits per heavy atom. The molecule has 0 aliphatic heterocycles. The van der Waals surface area contributed by atoms with Gasteiger partial charge in [0, 0.05) is 12.1 Å². The number of aldehydes is 1. The third kappa shape index (κ3) is 5.86. The van der Waals surface area contributed by atoms with Gasteiger partial charge in [0.2, 0.25) is 0 Å². The number of hydrogen-bond donors (Lipinski definition) is 1. The number of carbonyl (C=O) groups excluding carboxylic acids is 3. The van der Waals surface area contributed by atoms with Crippen molar-refractivity contribution < 1.29 is 23.9 Å². The molecule has 170 valence electrons. The lowest BCUT2D eigenvalue weighted by atomic mass is 9.93. The number of benzene rings is 3. The highest BCUT2D eigenvalue weighted by molar-refractivity contribution is 6.04. The van der Waals surface area contributed by atoms with Gasteiger partial charge >= 0.3 is 5.97 Å². The fraction of sp³-hybridized carbons (Fsp3) is 0.222. The van der Waals surface area contributed by atoms with E-state index in [4.69, 9.17) is 9.47 Å². The molecule has 0 unspecified atom stereocenters. The van der Waals surface area contributed by atoms with Crippen LogP contribution < -0.4 is 10.1 Å². The summed E-state index contributed by atoms with van der Waals surface area (Å²) in [7, 11) is 1.28. The lowest BCUT2D eigenvalue weighted by Crippen LogP contribution is -2.27. The van der Waals surface area contributed by atoms with Crippen LogP contribution in [0.15, 0.2) is 66.7 Å². The molecule has 0 aliphatic rings. The maximum absolute atomic E-state index is 12.6. The van der Waals surface area contributed by atoms with Crippen LogP contribution >= 0.6 is 0 Å². The Morgan fingerprint density at radius 2 is 1.73 bits per heavy atom. The summed E-state index contributed by atoms with van der Waals surface area (Å²) in [5.41, 5.74) is 2.81. The van der Waals surface area contributed by atoms with Gasteiger partial charge in [-0.05, 0) is 40.8 Å². The molecule has 0 heterocycles. The zero-order valence-electron chi connectivity index (χ0n) is 19.0. The van der Waals surface area contributed by atoms with Crippen LogP contribution in [0.3, 0.4) is 0 Å². The summed E-state index contributed by atoms with van der Waals surface area (Å²) in [6, 6.07) is 19.6. The Hall–Kier alpha value is -3.93. The van der Waals surface area contributed by atoms with Gasteiger partial charge in [0.15, 0.2) is 6.29 Å². The molecule has 0 bridgehead atoms. The first-order valence-corrected chi connectivity index (χ1v) is 10.7. The zero-order valence-corrected chi connectivity index (χ0v) is 19.0.